The number of amides is 2. The Kier molecular flexibility index (Phi) is 12.2. The van der Waals surface area contributed by atoms with E-state index in [4.69, 9.17) is 15.9 Å². The quantitative estimate of drug-likeness (QED) is 0.195. The molecule has 0 aliphatic rings. The topological polar surface area (TPSA) is 159 Å². The fourth-order valence-electron chi connectivity index (χ4n) is 1.16. The van der Waals surface area contributed by atoms with E-state index in [0.29, 0.717) is 0 Å². The third-order valence-corrected chi connectivity index (χ3v) is 2.61. The number of rotatable bonds is 9. The van der Waals surface area contributed by atoms with Crippen LogP contribution in [-0.4, -0.2) is 58.3 Å². The minimum absolute atomic E-state index is 0. The molecule has 0 aromatic heterocycles. The summed E-state index contributed by atoms with van der Waals surface area (Å²) in [7, 11) is 0. The monoisotopic (exact) mass is 502 g/mol. The Bertz CT molecular complexity index is 395. The van der Waals surface area contributed by atoms with Crippen LogP contribution < -0.4 is 16.4 Å². The molecule has 0 aliphatic heterocycles. The van der Waals surface area contributed by atoms with E-state index in [9.17, 15) is 19.2 Å². The summed E-state index contributed by atoms with van der Waals surface area (Å²) in [5.74, 6) is -3.70. The van der Waals surface area contributed by atoms with Crippen LogP contribution in [0.2, 0.25) is 0 Å². The number of carbonyl (C=O) groups is 4. The van der Waals surface area contributed by atoms with Gasteiger partial charge in [0.2, 0.25) is 11.8 Å². The van der Waals surface area contributed by atoms with E-state index < -0.39 is 42.4 Å². The molecule has 9 nitrogen and oxygen atoms in total. The molecule has 0 unspecified atom stereocenters. The number of hydrogen-bond donors (Lipinski definition) is 6. The molecule has 21 heavy (non-hydrogen) atoms. The predicted octanol–water partition coefficient (Wildman–Crippen LogP) is -2.21. The minimum Gasteiger partial charge on any atom is -0.480 e. The average molecular weight is 502 g/mol. The summed E-state index contributed by atoms with van der Waals surface area (Å²) in [6, 6.07) is -2.15. The van der Waals surface area contributed by atoms with Gasteiger partial charge in [0.15, 0.2) is 0 Å². The van der Waals surface area contributed by atoms with E-state index in [0.717, 1.165) is 0 Å². The number of carbonyl (C=O) groups excluding carboxylic acids is 2. The summed E-state index contributed by atoms with van der Waals surface area (Å²) in [6.45, 7) is -0.567. The van der Waals surface area contributed by atoms with Gasteiger partial charge in [-0.1, -0.05) is 0 Å². The second-order valence-electron chi connectivity index (χ2n) is 3.90. The normalized spacial score (nSPS) is 12.5. The number of nitrogens with two attached hydrogens (primary N) is 1. The summed E-state index contributed by atoms with van der Waals surface area (Å²) >= 11 is 3.87. The van der Waals surface area contributed by atoms with Crippen molar-refractivity contribution >= 4 is 36.4 Å². The van der Waals surface area contributed by atoms with Gasteiger partial charge in [-0.2, -0.15) is 12.6 Å². The fourth-order valence-corrected chi connectivity index (χ4v) is 1.41. The molecule has 0 rings (SSSR count). The Hall–Kier alpha value is -1.12. The van der Waals surface area contributed by atoms with Crippen molar-refractivity contribution in [3.05, 3.63) is 0 Å². The Morgan fingerprint density at radius 1 is 1.19 bits per heavy atom. The van der Waals surface area contributed by atoms with Crippen molar-refractivity contribution < 1.29 is 50.5 Å². The van der Waals surface area contributed by atoms with Gasteiger partial charge in [-0.05, 0) is 6.42 Å². The van der Waals surface area contributed by atoms with Crippen molar-refractivity contribution in [3.8, 4) is 0 Å². The zero-order valence-corrected chi connectivity index (χ0v) is 14.0. The number of hydrogen-bond acceptors (Lipinski definition) is 6. The first-order chi connectivity index (χ1) is 9.27. The van der Waals surface area contributed by atoms with Crippen LogP contribution in [0.3, 0.4) is 0 Å². The van der Waals surface area contributed by atoms with Crippen LogP contribution in [0.25, 0.3) is 0 Å². The third kappa shape index (κ3) is 10.3. The van der Waals surface area contributed by atoms with Gasteiger partial charge in [0, 0.05) is 33.2 Å². The molecule has 0 aromatic rings. The fraction of sp³-hybridized carbons (Fsp3) is 0.600. The van der Waals surface area contributed by atoms with E-state index in [2.05, 4.69) is 23.3 Å². The van der Waals surface area contributed by atoms with Crippen LogP contribution in [0.1, 0.15) is 12.8 Å². The van der Waals surface area contributed by atoms with Crippen molar-refractivity contribution in [2.45, 2.75) is 24.9 Å². The van der Waals surface area contributed by atoms with Crippen molar-refractivity contribution in [3.63, 3.8) is 0 Å². The summed E-state index contributed by atoms with van der Waals surface area (Å²) in [6.07, 6.45) is -0.235. The number of aliphatic carboxylic acids is 2. The maximum absolute atomic E-state index is 11.5. The molecule has 124 valence electrons. The molecule has 0 bridgehead atoms. The maximum atomic E-state index is 11.5. The first kappa shape index (κ1) is 22.2. The van der Waals surface area contributed by atoms with Crippen LogP contribution in [0, 0.1) is 0 Å². The number of thiol groups is 1. The maximum Gasteiger partial charge on any atom is 0.322 e. The molecule has 2 amide bonds. The smallest absolute Gasteiger partial charge is 0.322 e. The van der Waals surface area contributed by atoms with E-state index >= 15 is 0 Å². The Labute approximate surface area is 140 Å². The van der Waals surface area contributed by atoms with Crippen molar-refractivity contribution in [2.75, 3.05) is 12.3 Å². The van der Waals surface area contributed by atoms with Gasteiger partial charge >= 0.3 is 11.9 Å². The molecule has 0 saturated heterocycles. The Morgan fingerprint density at radius 3 is 2.19 bits per heavy atom. The molecular formula is C10H17N3O6PtS. The van der Waals surface area contributed by atoms with E-state index in [1.54, 1.807) is 0 Å². The van der Waals surface area contributed by atoms with Crippen LogP contribution in [0.5, 0.6) is 0 Å². The second kappa shape index (κ2) is 11.5. The van der Waals surface area contributed by atoms with Crippen LogP contribution in [0.15, 0.2) is 0 Å². The van der Waals surface area contributed by atoms with E-state index in [1.807, 2.05) is 0 Å². The molecule has 6 N–H and O–H groups in total. The molecule has 0 aromatic carbocycles. The third-order valence-electron chi connectivity index (χ3n) is 2.25. The van der Waals surface area contributed by atoms with Gasteiger partial charge < -0.3 is 26.6 Å². The summed E-state index contributed by atoms with van der Waals surface area (Å²) < 4.78 is 0. The largest absolute Gasteiger partial charge is 0.480 e. The summed E-state index contributed by atoms with van der Waals surface area (Å²) in [4.78, 5) is 43.7. The van der Waals surface area contributed by atoms with Gasteiger partial charge in [-0.3, -0.25) is 19.2 Å². The first-order valence-corrected chi connectivity index (χ1v) is 6.29. The molecule has 2 atom stereocenters. The van der Waals surface area contributed by atoms with E-state index in [1.165, 1.54) is 0 Å². The van der Waals surface area contributed by atoms with Crippen molar-refractivity contribution in [2.24, 2.45) is 5.73 Å². The molecule has 0 spiro atoms. The molecular weight excluding hydrogens is 485 g/mol. The van der Waals surface area contributed by atoms with Crippen LogP contribution >= 0.6 is 12.6 Å². The van der Waals surface area contributed by atoms with Crippen LogP contribution in [0.4, 0.5) is 0 Å². The first-order valence-electron chi connectivity index (χ1n) is 5.66. The van der Waals surface area contributed by atoms with E-state index in [-0.39, 0.29) is 39.7 Å². The summed E-state index contributed by atoms with van der Waals surface area (Å²) in [5, 5.41) is 21.4. The predicted molar refractivity (Wildman–Crippen MR) is 71.3 cm³/mol. The van der Waals surface area contributed by atoms with Gasteiger partial charge in [-0.25, -0.2) is 0 Å². The second-order valence-corrected chi connectivity index (χ2v) is 4.26. The van der Waals surface area contributed by atoms with Crippen molar-refractivity contribution in [1.82, 2.24) is 10.6 Å². The molecule has 11 heteroatoms. The Morgan fingerprint density at radius 2 is 1.76 bits per heavy atom. The molecule has 0 aliphatic carbocycles. The minimum atomic E-state index is -1.22. The number of nitrogens with one attached hydrogen (secondary N) is 2. The molecule has 0 fully saturated rings. The SMILES string of the molecule is N[C@@H](CCC(=O)N[C@@H](CS)C(=O)NCC(=O)O)C(=O)O.[Pt]. The van der Waals surface area contributed by atoms with Gasteiger partial charge in [0.1, 0.15) is 18.6 Å². The molecule has 0 radical (unpaired) electrons. The van der Waals surface area contributed by atoms with Crippen LogP contribution in [-0.2, 0) is 40.2 Å². The summed E-state index contributed by atoms with van der Waals surface area (Å²) in [5.41, 5.74) is 5.23. The number of carboxylic acids is 2. The van der Waals surface area contributed by atoms with Gasteiger partial charge in [0.25, 0.3) is 0 Å². The zero-order valence-electron chi connectivity index (χ0n) is 10.9. The van der Waals surface area contributed by atoms with Gasteiger partial charge in [-0.15, -0.1) is 0 Å². The number of carboxylic acid groups (broad SMARTS) is 2. The standard InChI is InChI=1S/C10H17N3O6S.Pt/c11-5(10(18)19)1-2-7(14)13-6(4-20)9(17)12-3-8(15)16;/h5-6,20H,1-4,11H2,(H,12,17)(H,13,14)(H,15,16)(H,18,19);/t5-,6-;/m0./s1. The zero-order chi connectivity index (χ0) is 15.7. The van der Waals surface area contributed by atoms with Crippen molar-refractivity contribution in [1.29, 1.82) is 0 Å². The average Bonchev–Trinajstić information content (AvgIpc) is 2.38. The molecule has 0 heterocycles. The Balaban J connectivity index is 0. The molecule has 0 saturated carbocycles. The van der Waals surface area contributed by atoms with Gasteiger partial charge in [0.05, 0.1) is 0 Å².